The van der Waals surface area contributed by atoms with Crippen molar-refractivity contribution in [2.45, 2.75) is 52.4 Å². The van der Waals surface area contributed by atoms with Crippen LogP contribution in [-0.2, 0) is 17.6 Å². The van der Waals surface area contributed by atoms with Gasteiger partial charge in [-0.2, -0.15) is 0 Å². The summed E-state index contributed by atoms with van der Waals surface area (Å²) in [5.41, 5.74) is 4.69. The number of rotatable bonds is 10. The van der Waals surface area contributed by atoms with Gasteiger partial charge in [0.25, 0.3) is 0 Å². The van der Waals surface area contributed by atoms with E-state index in [1.54, 1.807) is 25.1 Å². The second-order valence-corrected chi connectivity index (χ2v) is 6.33. The number of aryl methyl sites for hydroxylation is 2. The van der Waals surface area contributed by atoms with Crippen molar-refractivity contribution in [1.82, 2.24) is 0 Å². The van der Waals surface area contributed by atoms with Crippen molar-refractivity contribution in [1.29, 1.82) is 0 Å². The number of furan rings is 2. The van der Waals surface area contributed by atoms with Crippen molar-refractivity contribution < 1.29 is 13.6 Å². The zero-order valence-corrected chi connectivity index (χ0v) is 14.6. The fourth-order valence-electron chi connectivity index (χ4n) is 2.67. The van der Waals surface area contributed by atoms with Gasteiger partial charge in [0.2, 0.25) is 0 Å². The van der Waals surface area contributed by atoms with Crippen molar-refractivity contribution in [3.8, 4) is 0 Å². The average molecular weight is 326 g/mol. The minimum atomic E-state index is 0.282. The van der Waals surface area contributed by atoms with Crippen LogP contribution in [0.5, 0.6) is 0 Å². The molecule has 0 unspecified atom stereocenters. The summed E-state index contributed by atoms with van der Waals surface area (Å²) in [4.78, 5) is 12.1. The van der Waals surface area contributed by atoms with Crippen molar-refractivity contribution in [2.24, 2.45) is 0 Å². The van der Waals surface area contributed by atoms with E-state index in [0.717, 1.165) is 36.8 Å². The van der Waals surface area contributed by atoms with E-state index >= 15 is 0 Å². The zero-order chi connectivity index (χ0) is 17.2. The van der Waals surface area contributed by atoms with Gasteiger partial charge in [-0.1, -0.05) is 23.3 Å². The Balaban J connectivity index is 1.66. The van der Waals surface area contributed by atoms with Gasteiger partial charge in [0.15, 0.2) is 0 Å². The number of Topliss-reactive ketones (excluding diaryl/α,β-unsaturated/α-hetero) is 1. The molecule has 0 atom stereocenters. The number of allylic oxidation sites excluding steroid dienone is 4. The van der Waals surface area contributed by atoms with Gasteiger partial charge in [-0.05, 0) is 62.8 Å². The summed E-state index contributed by atoms with van der Waals surface area (Å²) in [6.07, 6.45) is 16.1. The van der Waals surface area contributed by atoms with Gasteiger partial charge in [0.1, 0.15) is 5.78 Å². The summed E-state index contributed by atoms with van der Waals surface area (Å²) in [7, 11) is 0. The molecule has 0 amide bonds. The molecule has 0 aliphatic carbocycles. The first-order valence-electron chi connectivity index (χ1n) is 8.48. The molecule has 0 N–H and O–H groups in total. The maximum absolute atomic E-state index is 12.1. The third-order valence-corrected chi connectivity index (χ3v) is 3.96. The average Bonchev–Trinajstić information content (AvgIpc) is 3.20. The summed E-state index contributed by atoms with van der Waals surface area (Å²) in [6.45, 7) is 4.07. The normalized spacial score (nSPS) is 12.6. The van der Waals surface area contributed by atoms with Gasteiger partial charge < -0.3 is 8.83 Å². The van der Waals surface area contributed by atoms with Gasteiger partial charge >= 0.3 is 0 Å². The van der Waals surface area contributed by atoms with Crippen LogP contribution in [0.1, 0.15) is 50.7 Å². The molecule has 128 valence electrons. The number of hydrogen-bond donors (Lipinski definition) is 0. The number of hydrogen-bond acceptors (Lipinski definition) is 3. The van der Waals surface area contributed by atoms with Crippen LogP contribution in [0.4, 0.5) is 0 Å². The van der Waals surface area contributed by atoms with Gasteiger partial charge in [0.05, 0.1) is 25.1 Å². The quantitative estimate of drug-likeness (QED) is 0.527. The van der Waals surface area contributed by atoms with Gasteiger partial charge in [0, 0.05) is 12.8 Å². The van der Waals surface area contributed by atoms with E-state index in [1.165, 1.54) is 11.1 Å². The maximum atomic E-state index is 12.1. The van der Waals surface area contributed by atoms with Crippen molar-refractivity contribution in [3.05, 3.63) is 71.6 Å². The molecule has 0 aromatic carbocycles. The highest BCUT2D eigenvalue weighted by Gasteiger charge is 2.04. The van der Waals surface area contributed by atoms with Gasteiger partial charge in [-0.3, -0.25) is 4.79 Å². The highest BCUT2D eigenvalue weighted by molar-refractivity contribution is 5.82. The minimum absolute atomic E-state index is 0.282. The molecule has 0 fully saturated rings. The van der Waals surface area contributed by atoms with Crippen LogP contribution in [0.2, 0.25) is 0 Å². The second kappa shape index (κ2) is 9.76. The van der Waals surface area contributed by atoms with Crippen LogP contribution in [0.25, 0.3) is 0 Å². The molecule has 0 saturated carbocycles. The fourth-order valence-corrected chi connectivity index (χ4v) is 2.67. The molecule has 24 heavy (non-hydrogen) atoms. The highest BCUT2D eigenvalue weighted by Crippen LogP contribution is 2.12. The summed E-state index contributed by atoms with van der Waals surface area (Å²) in [5, 5.41) is 0. The number of carbonyl (C=O) groups excluding carboxylic acids is 1. The fraction of sp³-hybridized carbons (Fsp3) is 0.381. The molecule has 0 saturated heterocycles. The van der Waals surface area contributed by atoms with Crippen LogP contribution >= 0.6 is 0 Å². The van der Waals surface area contributed by atoms with E-state index in [9.17, 15) is 4.79 Å². The Hall–Kier alpha value is -2.29. The molecule has 0 aliphatic heterocycles. The molecule has 0 bridgehead atoms. The Kier molecular flexibility index (Phi) is 7.34. The molecule has 3 heteroatoms. The molecule has 2 aromatic rings. The summed E-state index contributed by atoms with van der Waals surface area (Å²) in [6, 6.07) is 3.96. The molecule has 0 radical (unpaired) electrons. The molecule has 2 rings (SSSR count). The monoisotopic (exact) mass is 326 g/mol. The van der Waals surface area contributed by atoms with Crippen molar-refractivity contribution >= 4 is 5.78 Å². The largest absolute Gasteiger partial charge is 0.472 e. The van der Waals surface area contributed by atoms with Gasteiger partial charge in [-0.15, -0.1) is 0 Å². The maximum Gasteiger partial charge on any atom is 0.140 e. The molecular formula is C21H26O3. The van der Waals surface area contributed by atoms with E-state index in [1.807, 2.05) is 26.0 Å². The van der Waals surface area contributed by atoms with E-state index in [0.29, 0.717) is 12.8 Å². The summed E-state index contributed by atoms with van der Waals surface area (Å²) < 4.78 is 10.1. The smallest absolute Gasteiger partial charge is 0.140 e. The topological polar surface area (TPSA) is 43.4 Å². The predicted octanol–water partition coefficient (Wildman–Crippen LogP) is 5.68. The second-order valence-electron chi connectivity index (χ2n) is 6.33. The van der Waals surface area contributed by atoms with Crippen LogP contribution in [0, 0.1) is 0 Å². The molecule has 0 aliphatic rings. The van der Waals surface area contributed by atoms with Crippen molar-refractivity contribution in [2.75, 3.05) is 0 Å². The minimum Gasteiger partial charge on any atom is -0.472 e. The Morgan fingerprint density at radius 1 is 0.875 bits per heavy atom. The van der Waals surface area contributed by atoms with E-state index in [-0.39, 0.29) is 5.78 Å². The summed E-state index contributed by atoms with van der Waals surface area (Å²) >= 11 is 0. The highest BCUT2D eigenvalue weighted by atomic mass is 16.3. The lowest BCUT2D eigenvalue weighted by molar-refractivity contribution is -0.117. The van der Waals surface area contributed by atoms with Crippen LogP contribution in [0.15, 0.2) is 69.3 Å². The zero-order valence-electron chi connectivity index (χ0n) is 14.6. The third kappa shape index (κ3) is 6.86. The Labute approximate surface area is 144 Å². The van der Waals surface area contributed by atoms with Gasteiger partial charge in [-0.25, -0.2) is 0 Å². The van der Waals surface area contributed by atoms with Crippen molar-refractivity contribution in [3.63, 3.8) is 0 Å². The molecule has 2 heterocycles. The third-order valence-electron chi connectivity index (χ3n) is 3.96. The Bertz CT molecular complexity index is 600. The van der Waals surface area contributed by atoms with Crippen LogP contribution < -0.4 is 0 Å². The van der Waals surface area contributed by atoms with Crippen LogP contribution in [0.3, 0.4) is 0 Å². The summed E-state index contributed by atoms with van der Waals surface area (Å²) in [5.74, 6) is 0.282. The van der Waals surface area contributed by atoms with E-state index in [4.69, 9.17) is 8.83 Å². The lowest BCUT2D eigenvalue weighted by Gasteiger charge is -2.03. The SMILES string of the molecule is C/C(=C/CCc1ccoc1)CC(=O)C/C(C)=C/CCc1ccoc1. The first-order valence-corrected chi connectivity index (χ1v) is 8.48. The molecule has 0 spiro atoms. The first-order chi connectivity index (χ1) is 11.6. The Morgan fingerprint density at radius 3 is 1.71 bits per heavy atom. The van der Waals surface area contributed by atoms with Crippen LogP contribution in [-0.4, -0.2) is 5.78 Å². The first kappa shape index (κ1) is 18.1. The molecular weight excluding hydrogens is 300 g/mol. The molecule has 3 nitrogen and oxygen atoms in total. The Morgan fingerprint density at radius 2 is 1.33 bits per heavy atom. The predicted molar refractivity (Wildman–Crippen MR) is 95.8 cm³/mol. The number of carbonyl (C=O) groups is 1. The lowest BCUT2D eigenvalue weighted by Crippen LogP contribution is -1.99. The van der Waals surface area contributed by atoms with E-state index in [2.05, 4.69) is 12.2 Å². The standard InChI is InChI=1S/C21H26O3/c1-17(5-3-7-19-9-11-23-15-19)13-21(22)14-18(2)6-4-8-20-10-12-24-16-20/h5-6,9-12,15-16H,3-4,7-8,13-14H2,1-2H3/b17-5-,18-6+. The van der Waals surface area contributed by atoms with E-state index < -0.39 is 0 Å². The molecule has 2 aromatic heterocycles. The number of ketones is 1. The lowest BCUT2D eigenvalue weighted by atomic mass is 10.0.